The van der Waals surface area contributed by atoms with Crippen LogP contribution >= 0.6 is 0 Å². The van der Waals surface area contributed by atoms with E-state index in [1.807, 2.05) is 18.9 Å². The van der Waals surface area contributed by atoms with Crippen molar-refractivity contribution in [2.24, 2.45) is 0 Å². The summed E-state index contributed by atoms with van der Waals surface area (Å²) in [7, 11) is 3.45. The largest absolute Gasteiger partial charge is 0.501 e. The van der Waals surface area contributed by atoms with Crippen LogP contribution in [0.5, 0.6) is 5.75 Å². The molecule has 3 heterocycles. The van der Waals surface area contributed by atoms with E-state index in [2.05, 4.69) is 10.3 Å². The minimum Gasteiger partial charge on any atom is -0.501 e. The van der Waals surface area contributed by atoms with Crippen LogP contribution in [-0.4, -0.2) is 65.2 Å². The van der Waals surface area contributed by atoms with Gasteiger partial charge in [-0.3, -0.25) is 19.0 Å². The van der Waals surface area contributed by atoms with Crippen molar-refractivity contribution in [3.63, 3.8) is 0 Å². The zero-order valence-electron chi connectivity index (χ0n) is 20.8. The van der Waals surface area contributed by atoms with Crippen LogP contribution in [0.4, 0.5) is 10.1 Å². The summed E-state index contributed by atoms with van der Waals surface area (Å²) in [6, 6.07) is 3.18. The lowest BCUT2D eigenvalue weighted by Gasteiger charge is -2.29. The number of fused-ring (bicyclic) bond motifs is 2. The highest BCUT2D eigenvalue weighted by Gasteiger charge is 2.34. The van der Waals surface area contributed by atoms with Crippen LogP contribution in [0.15, 0.2) is 23.0 Å². The van der Waals surface area contributed by atoms with E-state index in [1.54, 1.807) is 13.1 Å². The number of nitrogens with zero attached hydrogens (tertiary/aromatic N) is 4. The molecule has 2 aromatic rings. The Balaban J connectivity index is 1.82. The molecule has 2 atom stereocenters. The molecule has 2 bridgehead atoms. The quantitative estimate of drug-likeness (QED) is 0.615. The normalized spacial score (nSPS) is 21.6. The molecule has 194 valence electrons. The average Bonchev–Trinajstić information content (AvgIpc) is 3.05. The van der Waals surface area contributed by atoms with Crippen molar-refractivity contribution in [1.29, 1.82) is 0 Å². The highest BCUT2D eigenvalue weighted by molar-refractivity contribution is 5.94. The van der Waals surface area contributed by atoms with Gasteiger partial charge in [-0.05, 0) is 37.0 Å². The predicted molar refractivity (Wildman–Crippen MR) is 131 cm³/mol. The van der Waals surface area contributed by atoms with Crippen LogP contribution in [0, 0.1) is 5.82 Å². The van der Waals surface area contributed by atoms with Gasteiger partial charge in [0.15, 0.2) is 5.69 Å². The van der Waals surface area contributed by atoms with Gasteiger partial charge in [-0.1, -0.05) is 13.0 Å². The van der Waals surface area contributed by atoms with Gasteiger partial charge in [-0.2, -0.15) is 0 Å². The fourth-order valence-corrected chi connectivity index (χ4v) is 4.73. The Hall–Kier alpha value is -3.47. The number of halogens is 1. The van der Waals surface area contributed by atoms with Crippen molar-refractivity contribution in [3.8, 4) is 5.75 Å². The highest BCUT2D eigenvalue weighted by atomic mass is 19.1. The summed E-state index contributed by atoms with van der Waals surface area (Å²) in [4.78, 5) is 47.3. The summed E-state index contributed by atoms with van der Waals surface area (Å²) in [6.45, 7) is 2.84. The monoisotopic (exact) mass is 501 g/mol. The molecule has 2 aliphatic heterocycles. The van der Waals surface area contributed by atoms with Crippen molar-refractivity contribution in [1.82, 2.24) is 19.8 Å². The topological polar surface area (TPSA) is 117 Å². The fraction of sp³-hybridized carbons (Fsp3) is 0.520. The van der Waals surface area contributed by atoms with Gasteiger partial charge in [-0.15, -0.1) is 0 Å². The third-order valence-corrected chi connectivity index (χ3v) is 6.95. The van der Waals surface area contributed by atoms with E-state index in [9.17, 15) is 23.9 Å². The molecule has 0 aliphatic carbocycles. The van der Waals surface area contributed by atoms with Crippen LogP contribution in [0.3, 0.4) is 0 Å². The van der Waals surface area contributed by atoms with Crippen LogP contribution in [0.1, 0.15) is 66.6 Å². The Morgan fingerprint density at radius 1 is 1.19 bits per heavy atom. The van der Waals surface area contributed by atoms with Crippen LogP contribution in [0.25, 0.3) is 0 Å². The molecule has 36 heavy (non-hydrogen) atoms. The van der Waals surface area contributed by atoms with E-state index in [1.165, 1.54) is 21.6 Å². The summed E-state index contributed by atoms with van der Waals surface area (Å²) >= 11 is 0. The molecule has 2 aliphatic rings. The second kappa shape index (κ2) is 10.7. The Kier molecular flexibility index (Phi) is 7.58. The molecule has 2 amide bonds. The van der Waals surface area contributed by atoms with Crippen LogP contribution in [-0.2, 0) is 16.1 Å². The number of hydrogen-bond acceptors (Lipinski definition) is 7. The standard InChI is InChI=1S/C25H32FN5O5/c1-4-17-13-36-14-19-23-28-21(22(33)25(35)31(17)23)24(34)27-12-15-8-9-16(26)11-18(15)29(2)10-6-5-7-20(32)30(19)3/h8-9,11,17,19,33H,4-7,10,12-14H2,1-3H3,(H,27,34). The summed E-state index contributed by atoms with van der Waals surface area (Å²) in [5.41, 5.74) is 0.0982. The lowest BCUT2D eigenvalue weighted by molar-refractivity contribution is -0.133. The summed E-state index contributed by atoms with van der Waals surface area (Å²) in [5.74, 6) is -1.86. The van der Waals surface area contributed by atoms with Crippen molar-refractivity contribution in [3.05, 3.63) is 51.5 Å². The first kappa shape index (κ1) is 25.6. The van der Waals surface area contributed by atoms with E-state index < -0.39 is 40.8 Å². The number of hydrogen-bond donors (Lipinski definition) is 2. The molecule has 11 heteroatoms. The number of anilines is 1. The summed E-state index contributed by atoms with van der Waals surface area (Å²) in [5, 5.41) is 13.4. The van der Waals surface area contributed by atoms with Gasteiger partial charge in [0, 0.05) is 39.3 Å². The Bertz CT molecular complexity index is 1220. The second-order valence-electron chi connectivity index (χ2n) is 9.30. The number of carbonyl (C=O) groups is 2. The molecule has 10 nitrogen and oxygen atoms in total. The first-order chi connectivity index (χ1) is 17.2. The number of ether oxygens (including phenoxy) is 1. The molecular formula is C25H32FN5O5. The fourth-order valence-electron chi connectivity index (χ4n) is 4.73. The average molecular weight is 502 g/mol. The van der Waals surface area contributed by atoms with Gasteiger partial charge < -0.3 is 25.0 Å². The van der Waals surface area contributed by atoms with E-state index in [0.717, 1.165) is 0 Å². The molecule has 1 aromatic heterocycles. The molecule has 2 N–H and O–H groups in total. The highest BCUT2D eigenvalue weighted by Crippen LogP contribution is 2.29. The number of aromatic nitrogens is 2. The minimum absolute atomic E-state index is 0.0425. The smallest absolute Gasteiger partial charge is 0.296 e. The maximum Gasteiger partial charge on any atom is 0.296 e. The predicted octanol–water partition coefficient (Wildman–Crippen LogP) is 2.12. The first-order valence-electron chi connectivity index (χ1n) is 12.2. The van der Waals surface area contributed by atoms with E-state index in [4.69, 9.17) is 4.74 Å². The van der Waals surface area contributed by atoms with Crippen molar-refractivity contribution in [2.75, 3.05) is 38.8 Å². The SMILES string of the molecule is CCC1COCC2c3nc(c(O)c(=O)n31)C(=O)NCc1ccc(F)cc1N(C)CCCCC(=O)N2C. The third-order valence-electron chi connectivity index (χ3n) is 6.95. The van der Waals surface area contributed by atoms with Gasteiger partial charge in [0.1, 0.15) is 17.7 Å². The zero-order chi connectivity index (χ0) is 26.0. The Labute approximate surface area is 208 Å². The number of rotatable bonds is 1. The maximum atomic E-state index is 14.0. The molecule has 0 saturated carbocycles. The van der Waals surface area contributed by atoms with E-state index in [0.29, 0.717) is 37.1 Å². The third kappa shape index (κ3) is 4.92. The molecule has 0 spiro atoms. The first-order valence-corrected chi connectivity index (χ1v) is 12.2. The molecular weight excluding hydrogens is 469 g/mol. The lowest BCUT2D eigenvalue weighted by Crippen LogP contribution is -2.39. The van der Waals surface area contributed by atoms with Gasteiger partial charge in [0.05, 0.1) is 19.3 Å². The van der Waals surface area contributed by atoms with Crippen LogP contribution in [0.2, 0.25) is 0 Å². The van der Waals surface area contributed by atoms with Crippen molar-refractivity contribution < 1.29 is 23.8 Å². The molecule has 0 saturated heterocycles. The van der Waals surface area contributed by atoms with Gasteiger partial charge in [-0.25, -0.2) is 9.37 Å². The lowest BCUT2D eigenvalue weighted by atomic mass is 10.1. The van der Waals surface area contributed by atoms with E-state index >= 15 is 0 Å². The summed E-state index contributed by atoms with van der Waals surface area (Å²) in [6.07, 6.45) is 2.11. The second-order valence-corrected chi connectivity index (χ2v) is 9.30. The van der Waals surface area contributed by atoms with Crippen LogP contribution < -0.4 is 15.8 Å². The molecule has 0 fully saturated rings. The molecule has 0 radical (unpaired) electrons. The number of amides is 2. The Morgan fingerprint density at radius 3 is 2.72 bits per heavy atom. The number of aromatic hydroxyl groups is 1. The van der Waals surface area contributed by atoms with E-state index in [-0.39, 0.29) is 37.9 Å². The molecule has 2 unspecified atom stereocenters. The minimum atomic E-state index is -0.762. The Morgan fingerprint density at radius 2 is 1.97 bits per heavy atom. The number of carbonyl (C=O) groups excluding carboxylic acids is 2. The van der Waals surface area contributed by atoms with Gasteiger partial charge in [0.25, 0.3) is 11.5 Å². The van der Waals surface area contributed by atoms with Gasteiger partial charge >= 0.3 is 0 Å². The van der Waals surface area contributed by atoms with Gasteiger partial charge in [0.2, 0.25) is 11.7 Å². The zero-order valence-corrected chi connectivity index (χ0v) is 20.8. The van der Waals surface area contributed by atoms with Crippen molar-refractivity contribution >= 4 is 17.5 Å². The maximum absolute atomic E-state index is 14.0. The molecule has 4 rings (SSSR count). The molecule has 1 aromatic carbocycles. The number of benzene rings is 1. The van der Waals surface area contributed by atoms with Crippen molar-refractivity contribution in [2.45, 2.75) is 51.2 Å². The summed E-state index contributed by atoms with van der Waals surface area (Å²) < 4.78 is 21.2. The number of nitrogens with one attached hydrogen (secondary N) is 1. The number of likely N-dealkylation sites (N-methyl/N-ethyl adjacent to an activating group) is 1.